The molecule has 1 aliphatic rings. The van der Waals surface area contributed by atoms with Crippen LogP contribution in [0.2, 0.25) is 0 Å². The van der Waals surface area contributed by atoms with Gasteiger partial charge in [0.25, 0.3) is 0 Å². The monoisotopic (exact) mass is 406 g/mol. The molecule has 1 aromatic rings. The van der Waals surface area contributed by atoms with Crippen molar-refractivity contribution in [2.75, 3.05) is 12.4 Å². The summed E-state index contributed by atoms with van der Waals surface area (Å²) in [7, 11) is 1.65. The Hall–Kier alpha value is -0.330. The van der Waals surface area contributed by atoms with Crippen LogP contribution >= 0.6 is 44.1 Å². The summed E-state index contributed by atoms with van der Waals surface area (Å²) >= 11 is 12.3. The number of nitrogens with one attached hydrogen (secondary N) is 2. The van der Waals surface area contributed by atoms with Crippen molar-refractivity contribution in [3.8, 4) is 5.75 Å². The molecule has 3 nitrogen and oxygen atoms in total. The molecule has 6 heteroatoms. The van der Waals surface area contributed by atoms with Crippen LogP contribution in [0.4, 0.5) is 5.69 Å². The number of methoxy groups -OCH3 is 1. The molecular weight excluding hydrogens is 392 g/mol. The molecule has 1 aromatic carbocycles. The molecule has 2 N–H and O–H groups in total. The average molecular weight is 408 g/mol. The molecule has 2 rings (SSSR count). The van der Waals surface area contributed by atoms with E-state index in [2.05, 4.69) is 42.5 Å². The van der Waals surface area contributed by atoms with E-state index in [1.54, 1.807) is 7.11 Å². The Morgan fingerprint density at radius 3 is 2.58 bits per heavy atom. The van der Waals surface area contributed by atoms with Crippen molar-refractivity contribution >= 4 is 54.9 Å². The fourth-order valence-corrected chi connectivity index (χ4v) is 3.73. The van der Waals surface area contributed by atoms with Gasteiger partial charge in [0.05, 0.1) is 17.3 Å². The van der Waals surface area contributed by atoms with Gasteiger partial charge in [-0.25, -0.2) is 0 Å². The zero-order chi connectivity index (χ0) is 13.8. The third-order valence-corrected chi connectivity index (χ3v) is 4.68. The molecule has 0 spiro atoms. The maximum atomic E-state index is 5.35. The van der Waals surface area contributed by atoms with E-state index < -0.39 is 0 Å². The number of hydrogen-bond donors (Lipinski definition) is 2. The highest BCUT2D eigenvalue weighted by atomic mass is 79.9. The second kappa shape index (κ2) is 6.90. The van der Waals surface area contributed by atoms with Crippen LogP contribution in [0, 0.1) is 0 Å². The summed E-state index contributed by atoms with van der Waals surface area (Å²) in [6.45, 7) is 0. The lowest BCUT2D eigenvalue weighted by Crippen LogP contribution is -2.36. The van der Waals surface area contributed by atoms with Crippen LogP contribution in [0.15, 0.2) is 21.1 Å². The Kier molecular flexibility index (Phi) is 5.47. The number of thiocarbonyl (C=S) groups is 1. The standard InChI is InChI=1S/C13H16Br2N2OS/c1-18-12-7-11(9(14)6-10(12)15)17-13(19)16-8-4-2-3-5-8/h6-8H,2-5H2,1H3,(H2,16,17,19). The van der Waals surface area contributed by atoms with Gasteiger partial charge in [0, 0.05) is 16.6 Å². The quantitative estimate of drug-likeness (QED) is 0.725. The number of benzene rings is 1. The fraction of sp³-hybridized carbons (Fsp3) is 0.462. The molecule has 0 heterocycles. The van der Waals surface area contributed by atoms with Crippen LogP contribution < -0.4 is 15.4 Å². The summed E-state index contributed by atoms with van der Waals surface area (Å²) in [6.07, 6.45) is 4.98. The maximum Gasteiger partial charge on any atom is 0.171 e. The number of ether oxygens (including phenoxy) is 1. The summed E-state index contributed by atoms with van der Waals surface area (Å²) in [5.74, 6) is 0.773. The first-order chi connectivity index (χ1) is 9.10. The van der Waals surface area contributed by atoms with Crippen LogP contribution in [0.3, 0.4) is 0 Å². The first-order valence-corrected chi connectivity index (χ1v) is 8.20. The molecule has 0 aromatic heterocycles. The number of halogens is 2. The van der Waals surface area contributed by atoms with Gasteiger partial charge >= 0.3 is 0 Å². The highest BCUT2D eigenvalue weighted by molar-refractivity contribution is 9.11. The van der Waals surface area contributed by atoms with Gasteiger partial charge in [-0.2, -0.15) is 0 Å². The zero-order valence-electron chi connectivity index (χ0n) is 10.6. The number of hydrogen-bond acceptors (Lipinski definition) is 2. The van der Waals surface area contributed by atoms with Crippen LogP contribution in [-0.2, 0) is 0 Å². The molecule has 0 radical (unpaired) electrons. The van der Waals surface area contributed by atoms with Crippen molar-refractivity contribution in [3.63, 3.8) is 0 Å². The van der Waals surface area contributed by atoms with E-state index in [0.717, 1.165) is 20.4 Å². The molecule has 0 aliphatic heterocycles. The van der Waals surface area contributed by atoms with Crippen molar-refractivity contribution in [3.05, 3.63) is 21.1 Å². The lowest BCUT2D eigenvalue weighted by molar-refractivity contribution is 0.412. The molecular formula is C13H16Br2N2OS. The van der Waals surface area contributed by atoms with Gasteiger partial charge in [-0.05, 0) is 63.0 Å². The summed E-state index contributed by atoms with van der Waals surface area (Å²) in [5.41, 5.74) is 0.899. The summed E-state index contributed by atoms with van der Waals surface area (Å²) in [5, 5.41) is 7.23. The average Bonchev–Trinajstić information content (AvgIpc) is 2.85. The third kappa shape index (κ3) is 4.07. The Labute approximate surface area is 135 Å². The van der Waals surface area contributed by atoms with E-state index in [0.29, 0.717) is 11.2 Å². The van der Waals surface area contributed by atoms with Crippen molar-refractivity contribution in [1.82, 2.24) is 5.32 Å². The first kappa shape index (κ1) is 15.1. The van der Waals surface area contributed by atoms with Crippen LogP contribution in [0.25, 0.3) is 0 Å². The largest absolute Gasteiger partial charge is 0.495 e. The summed E-state index contributed by atoms with van der Waals surface area (Å²) in [4.78, 5) is 0. The van der Waals surface area contributed by atoms with Crippen molar-refractivity contribution in [2.24, 2.45) is 0 Å². The van der Waals surface area contributed by atoms with Crippen LogP contribution in [0.5, 0.6) is 5.75 Å². The molecule has 0 unspecified atom stereocenters. The minimum Gasteiger partial charge on any atom is -0.495 e. The number of rotatable bonds is 3. The second-order valence-corrected chi connectivity index (χ2v) is 6.66. The minimum absolute atomic E-state index is 0.510. The van der Waals surface area contributed by atoms with E-state index in [4.69, 9.17) is 17.0 Å². The molecule has 1 fully saturated rings. The van der Waals surface area contributed by atoms with Gasteiger partial charge in [-0.15, -0.1) is 0 Å². The fourth-order valence-electron chi connectivity index (χ4n) is 2.20. The smallest absolute Gasteiger partial charge is 0.171 e. The second-order valence-electron chi connectivity index (χ2n) is 4.55. The topological polar surface area (TPSA) is 33.3 Å². The van der Waals surface area contributed by atoms with Gasteiger partial charge in [0.1, 0.15) is 5.75 Å². The van der Waals surface area contributed by atoms with E-state index >= 15 is 0 Å². The van der Waals surface area contributed by atoms with Crippen LogP contribution in [-0.4, -0.2) is 18.3 Å². The molecule has 1 aliphatic carbocycles. The van der Waals surface area contributed by atoms with E-state index in [9.17, 15) is 0 Å². The molecule has 0 saturated heterocycles. The lowest BCUT2D eigenvalue weighted by Gasteiger charge is -2.17. The third-order valence-electron chi connectivity index (χ3n) is 3.18. The van der Waals surface area contributed by atoms with Gasteiger partial charge < -0.3 is 15.4 Å². The Balaban J connectivity index is 2.03. The Bertz CT molecular complexity index is 476. The van der Waals surface area contributed by atoms with Crippen molar-refractivity contribution in [1.29, 1.82) is 0 Å². The van der Waals surface area contributed by atoms with Gasteiger partial charge in [0.15, 0.2) is 5.11 Å². The molecule has 0 atom stereocenters. The molecule has 19 heavy (non-hydrogen) atoms. The highest BCUT2D eigenvalue weighted by Crippen LogP contribution is 2.34. The van der Waals surface area contributed by atoms with Crippen LogP contribution in [0.1, 0.15) is 25.7 Å². The minimum atomic E-state index is 0.510. The SMILES string of the molecule is COc1cc(NC(=S)NC2CCCC2)c(Br)cc1Br. The lowest BCUT2D eigenvalue weighted by atomic mass is 10.2. The number of anilines is 1. The normalized spacial score (nSPS) is 15.3. The van der Waals surface area contributed by atoms with E-state index in [1.807, 2.05) is 12.1 Å². The van der Waals surface area contributed by atoms with E-state index in [-0.39, 0.29) is 0 Å². The predicted octanol–water partition coefficient (Wildman–Crippen LogP) is 4.45. The van der Waals surface area contributed by atoms with Gasteiger partial charge in [-0.3, -0.25) is 0 Å². The zero-order valence-corrected chi connectivity index (χ0v) is 14.6. The van der Waals surface area contributed by atoms with Gasteiger partial charge in [-0.1, -0.05) is 12.8 Å². The molecule has 0 amide bonds. The summed E-state index contributed by atoms with van der Waals surface area (Å²) in [6, 6.07) is 4.37. The Morgan fingerprint density at radius 2 is 1.95 bits per heavy atom. The molecule has 1 saturated carbocycles. The van der Waals surface area contributed by atoms with Gasteiger partial charge in [0.2, 0.25) is 0 Å². The Morgan fingerprint density at radius 1 is 1.26 bits per heavy atom. The predicted molar refractivity (Wildman–Crippen MR) is 90.0 cm³/mol. The van der Waals surface area contributed by atoms with E-state index in [1.165, 1.54) is 25.7 Å². The highest BCUT2D eigenvalue weighted by Gasteiger charge is 2.16. The van der Waals surface area contributed by atoms with Crippen molar-refractivity contribution in [2.45, 2.75) is 31.7 Å². The first-order valence-electron chi connectivity index (χ1n) is 6.20. The molecule has 104 valence electrons. The summed E-state index contributed by atoms with van der Waals surface area (Å²) < 4.78 is 7.13. The molecule has 0 bridgehead atoms. The maximum absolute atomic E-state index is 5.35. The van der Waals surface area contributed by atoms with Crippen molar-refractivity contribution < 1.29 is 4.74 Å².